The number of hydrogen-bond acceptors (Lipinski definition) is 3. The van der Waals surface area contributed by atoms with Crippen molar-refractivity contribution < 1.29 is 14.3 Å². The lowest BCUT2D eigenvalue weighted by atomic mass is 9.95. The fraction of sp³-hybridized carbons (Fsp3) is 0.478. The van der Waals surface area contributed by atoms with Crippen molar-refractivity contribution in [2.24, 2.45) is 5.92 Å². The highest BCUT2D eigenvalue weighted by Crippen LogP contribution is 2.21. The molecule has 0 bridgehead atoms. The van der Waals surface area contributed by atoms with Gasteiger partial charge in [0.1, 0.15) is 0 Å². The van der Waals surface area contributed by atoms with Crippen LogP contribution in [-0.4, -0.2) is 61.0 Å². The van der Waals surface area contributed by atoms with Crippen molar-refractivity contribution in [3.63, 3.8) is 0 Å². The van der Waals surface area contributed by atoms with E-state index in [0.717, 1.165) is 25.8 Å². The number of carbonyl (C=O) groups is 2. The quantitative estimate of drug-likeness (QED) is 0.820. The Morgan fingerprint density at radius 3 is 2.57 bits per heavy atom. The molecule has 148 valence electrons. The molecule has 5 nitrogen and oxygen atoms in total. The number of carbonyl (C=O) groups excluding carboxylic acids is 2. The predicted molar refractivity (Wildman–Crippen MR) is 109 cm³/mol. The van der Waals surface area contributed by atoms with Crippen molar-refractivity contribution >= 4 is 22.6 Å². The number of amides is 2. The summed E-state index contributed by atoms with van der Waals surface area (Å²) < 4.78 is 5.34. The molecule has 2 saturated heterocycles. The fourth-order valence-corrected chi connectivity index (χ4v) is 4.25. The van der Waals surface area contributed by atoms with E-state index < -0.39 is 0 Å². The Morgan fingerprint density at radius 1 is 0.964 bits per heavy atom. The summed E-state index contributed by atoms with van der Waals surface area (Å²) in [6, 6.07) is 14.7. The molecule has 0 aliphatic carbocycles. The molecule has 0 spiro atoms. The van der Waals surface area contributed by atoms with Crippen molar-refractivity contribution in [2.45, 2.75) is 25.7 Å². The average Bonchev–Trinajstić information content (AvgIpc) is 2.77. The van der Waals surface area contributed by atoms with E-state index in [1.165, 1.54) is 16.3 Å². The summed E-state index contributed by atoms with van der Waals surface area (Å²) in [6.45, 7) is 3.91. The molecule has 2 aliphatic rings. The smallest absolute Gasteiger partial charge is 0.227 e. The van der Waals surface area contributed by atoms with Gasteiger partial charge in [-0.05, 0) is 35.6 Å². The molecule has 0 aromatic heterocycles. The van der Waals surface area contributed by atoms with Gasteiger partial charge in [-0.2, -0.15) is 0 Å². The van der Waals surface area contributed by atoms with Gasteiger partial charge < -0.3 is 14.5 Å². The first-order chi connectivity index (χ1) is 13.7. The first kappa shape index (κ1) is 18.9. The first-order valence-electron chi connectivity index (χ1n) is 10.3. The number of ether oxygens (including phenoxy) is 1. The van der Waals surface area contributed by atoms with Gasteiger partial charge in [0.25, 0.3) is 0 Å². The second kappa shape index (κ2) is 8.74. The van der Waals surface area contributed by atoms with E-state index in [9.17, 15) is 9.59 Å². The van der Waals surface area contributed by atoms with Gasteiger partial charge in [-0.1, -0.05) is 42.5 Å². The maximum absolute atomic E-state index is 12.8. The van der Waals surface area contributed by atoms with Crippen LogP contribution in [0.25, 0.3) is 10.8 Å². The summed E-state index contributed by atoms with van der Waals surface area (Å²) in [6.07, 6.45) is 3.02. The molecule has 1 atom stereocenters. The highest BCUT2D eigenvalue weighted by atomic mass is 16.5. The Balaban J connectivity index is 1.32. The van der Waals surface area contributed by atoms with E-state index in [2.05, 4.69) is 30.3 Å². The average molecular weight is 380 g/mol. The first-order valence-corrected chi connectivity index (χ1v) is 10.3. The van der Waals surface area contributed by atoms with Crippen LogP contribution in [-0.2, 0) is 20.7 Å². The van der Waals surface area contributed by atoms with Crippen LogP contribution in [0.15, 0.2) is 42.5 Å². The van der Waals surface area contributed by atoms with E-state index in [0.29, 0.717) is 39.3 Å². The van der Waals surface area contributed by atoms with Crippen LogP contribution in [0.5, 0.6) is 0 Å². The third-order valence-corrected chi connectivity index (χ3v) is 5.89. The van der Waals surface area contributed by atoms with Crippen LogP contribution in [0.1, 0.15) is 24.8 Å². The van der Waals surface area contributed by atoms with E-state index in [-0.39, 0.29) is 17.7 Å². The highest BCUT2D eigenvalue weighted by molar-refractivity contribution is 5.84. The molecule has 2 heterocycles. The zero-order valence-electron chi connectivity index (χ0n) is 16.3. The molecular formula is C23H28N2O3. The molecule has 0 N–H and O–H groups in total. The number of hydrogen-bond donors (Lipinski definition) is 0. The molecule has 2 amide bonds. The van der Waals surface area contributed by atoms with Crippen molar-refractivity contribution in [3.8, 4) is 0 Å². The Labute approximate surface area is 166 Å². The van der Waals surface area contributed by atoms with Crippen LogP contribution >= 0.6 is 0 Å². The van der Waals surface area contributed by atoms with Gasteiger partial charge in [0.2, 0.25) is 11.8 Å². The molecule has 2 aliphatic heterocycles. The maximum atomic E-state index is 12.8. The third-order valence-electron chi connectivity index (χ3n) is 5.89. The molecule has 0 unspecified atom stereocenters. The number of benzene rings is 2. The van der Waals surface area contributed by atoms with Gasteiger partial charge in [-0.25, -0.2) is 0 Å². The molecule has 2 fully saturated rings. The zero-order chi connectivity index (χ0) is 19.3. The van der Waals surface area contributed by atoms with E-state index in [4.69, 9.17) is 4.74 Å². The molecule has 0 radical (unpaired) electrons. The topological polar surface area (TPSA) is 49.9 Å². The molecule has 28 heavy (non-hydrogen) atoms. The minimum Gasteiger partial charge on any atom is -0.378 e. The summed E-state index contributed by atoms with van der Waals surface area (Å²) in [5.74, 6) is 0.291. The van der Waals surface area contributed by atoms with Crippen LogP contribution in [0.2, 0.25) is 0 Å². The number of likely N-dealkylation sites (tertiary alicyclic amines) is 1. The summed E-state index contributed by atoms with van der Waals surface area (Å²) in [4.78, 5) is 29.3. The van der Waals surface area contributed by atoms with Crippen LogP contribution < -0.4 is 0 Å². The number of piperidine rings is 1. The van der Waals surface area contributed by atoms with Crippen molar-refractivity contribution in [2.75, 3.05) is 39.4 Å². The Hall–Kier alpha value is -2.40. The summed E-state index contributed by atoms with van der Waals surface area (Å²) in [5.41, 5.74) is 1.19. The minimum atomic E-state index is -0.0588. The molecule has 5 heteroatoms. The van der Waals surface area contributed by atoms with Crippen molar-refractivity contribution in [1.29, 1.82) is 0 Å². The molecule has 2 aromatic carbocycles. The highest BCUT2D eigenvalue weighted by Gasteiger charge is 2.31. The van der Waals surface area contributed by atoms with Gasteiger partial charge >= 0.3 is 0 Å². The third kappa shape index (κ3) is 4.36. The molecule has 2 aromatic rings. The summed E-state index contributed by atoms with van der Waals surface area (Å²) >= 11 is 0. The maximum Gasteiger partial charge on any atom is 0.227 e. The van der Waals surface area contributed by atoms with Crippen molar-refractivity contribution in [1.82, 2.24) is 9.80 Å². The van der Waals surface area contributed by atoms with E-state index in [1.807, 2.05) is 21.9 Å². The number of aryl methyl sites for hydroxylation is 1. The Morgan fingerprint density at radius 2 is 1.75 bits per heavy atom. The zero-order valence-corrected chi connectivity index (χ0v) is 16.3. The second-order valence-corrected chi connectivity index (χ2v) is 7.80. The number of morpholine rings is 1. The Kier molecular flexibility index (Phi) is 5.91. The fourth-order valence-electron chi connectivity index (χ4n) is 4.25. The predicted octanol–water partition coefficient (Wildman–Crippen LogP) is 2.87. The van der Waals surface area contributed by atoms with Gasteiger partial charge in [-0.15, -0.1) is 0 Å². The number of nitrogens with zero attached hydrogens (tertiary/aromatic N) is 2. The largest absolute Gasteiger partial charge is 0.378 e. The molecule has 0 saturated carbocycles. The minimum absolute atomic E-state index is 0.0588. The van der Waals surface area contributed by atoms with E-state index >= 15 is 0 Å². The van der Waals surface area contributed by atoms with Gasteiger partial charge in [0.15, 0.2) is 0 Å². The van der Waals surface area contributed by atoms with Crippen LogP contribution in [0, 0.1) is 5.92 Å². The Bertz CT molecular complexity index is 845. The lowest BCUT2D eigenvalue weighted by Crippen LogP contribution is -2.49. The second-order valence-electron chi connectivity index (χ2n) is 7.80. The van der Waals surface area contributed by atoms with E-state index in [1.54, 1.807) is 0 Å². The SMILES string of the molecule is O=C(CCc1ccc2ccccc2c1)N1CCC[C@@H](C(=O)N2CCOCC2)C1. The van der Waals surface area contributed by atoms with Gasteiger partial charge in [0, 0.05) is 32.6 Å². The van der Waals surface area contributed by atoms with Gasteiger partial charge in [0.05, 0.1) is 19.1 Å². The van der Waals surface area contributed by atoms with Crippen LogP contribution in [0.4, 0.5) is 0 Å². The van der Waals surface area contributed by atoms with Crippen LogP contribution in [0.3, 0.4) is 0 Å². The lowest BCUT2D eigenvalue weighted by Gasteiger charge is -2.36. The van der Waals surface area contributed by atoms with Gasteiger partial charge in [-0.3, -0.25) is 9.59 Å². The molecule has 4 rings (SSSR count). The monoisotopic (exact) mass is 380 g/mol. The molecular weight excluding hydrogens is 352 g/mol. The lowest BCUT2D eigenvalue weighted by molar-refractivity contribution is -0.144. The number of rotatable bonds is 4. The normalized spacial score (nSPS) is 20.4. The summed E-state index contributed by atoms with van der Waals surface area (Å²) in [5, 5.41) is 2.43. The summed E-state index contributed by atoms with van der Waals surface area (Å²) in [7, 11) is 0. The van der Waals surface area contributed by atoms with Crippen molar-refractivity contribution in [3.05, 3.63) is 48.0 Å². The standard InChI is InChI=1S/C23H28N2O3/c26-22(10-8-18-7-9-19-4-1-2-5-20(19)16-18)25-11-3-6-21(17-25)23(27)24-12-14-28-15-13-24/h1-2,4-5,7,9,16,21H,3,6,8,10-15,17H2/t21-/m1/s1. The number of fused-ring (bicyclic) bond motifs is 1.